The van der Waals surface area contributed by atoms with Crippen molar-refractivity contribution >= 4 is 27.3 Å². The summed E-state index contributed by atoms with van der Waals surface area (Å²) in [4.78, 5) is 12.9. The predicted octanol–water partition coefficient (Wildman–Crippen LogP) is 4.17. The number of halogens is 1. The van der Waals surface area contributed by atoms with Gasteiger partial charge in [0.25, 0.3) is 5.91 Å². The molecule has 7 heteroatoms. The highest BCUT2D eigenvalue weighted by atomic mass is 35.5. The molecule has 0 heterocycles. The van der Waals surface area contributed by atoms with Crippen LogP contribution in [-0.2, 0) is 14.6 Å². The molecule has 0 saturated heterocycles. The summed E-state index contributed by atoms with van der Waals surface area (Å²) < 4.78 is 29.0. The van der Waals surface area contributed by atoms with Gasteiger partial charge in [0.2, 0.25) is 0 Å². The van der Waals surface area contributed by atoms with Crippen LogP contribution in [0.25, 0.3) is 0 Å². The molecule has 2 aromatic carbocycles. The van der Waals surface area contributed by atoms with E-state index in [1.165, 1.54) is 6.26 Å². The van der Waals surface area contributed by atoms with Gasteiger partial charge >= 0.3 is 0 Å². The first-order chi connectivity index (χ1) is 12.8. The fourth-order valence-corrected chi connectivity index (χ4v) is 3.46. The molecule has 2 unspecified atom stereocenters. The van der Waals surface area contributed by atoms with Crippen LogP contribution in [0.5, 0.6) is 5.75 Å². The lowest BCUT2D eigenvalue weighted by molar-refractivity contribution is -0.128. The molecular weight excluding hydrogens is 386 g/mol. The zero-order chi connectivity index (χ0) is 20.0. The summed E-state index contributed by atoms with van der Waals surface area (Å²) in [5.74, 6) is 0.225. The van der Waals surface area contributed by atoms with Crippen LogP contribution in [0.2, 0.25) is 5.02 Å². The largest absolute Gasteiger partial charge is 0.479 e. The Bertz CT molecular complexity index is 881. The van der Waals surface area contributed by atoms with Gasteiger partial charge in [0.05, 0.1) is 16.0 Å². The molecule has 27 heavy (non-hydrogen) atoms. The van der Waals surface area contributed by atoms with Crippen molar-refractivity contribution < 1.29 is 17.9 Å². The van der Waals surface area contributed by atoms with Gasteiger partial charge in [0.15, 0.2) is 15.9 Å². The molecule has 1 amide bonds. The quantitative estimate of drug-likeness (QED) is 0.710. The number of carbonyl (C=O) groups is 1. The number of nitrogens with one attached hydrogen (secondary N) is 1. The zero-order valence-electron chi connectivity index (χ0n) is 15.6. The maximum absolute atomic E-state index is 12.7. The molecule has 0 saturated carbocycles. The summed E-state index contributed by atoms with van der Waals surface area (Å²) in [6, 6.07) is 13.3. The number of para-hydroxylation sites is 1. The van der Waals surface area contributed by atoms with Crippen LogP contribution >= 0.6 is 11.6 Å². The summed E-state index contributed by atoms with van der Waals surface area (Å²) in [7, 11) is -3.25. The molecule has 0 aliphatic heterocycles. The lowest BCUT2D eigenvalue weighted by Crippen LogP contribution is -2.40. The van der Waals surface area contributed by atoms with Crippen LogP contribution in [0.15, 0.2) is 53.4 Å². The maximum atomic E-state index is 12.7. The summed E-state index contributed by atoms with van der Waals surface area (Å²) >= 11 is 6.10. The number of hydrogen-bond acceptors (Lipinski definition) is 4. The molecule has 0 aliphatic carbocycles. The van der Waals surface area contributed by atoms with Gasteiger partial charge in [-0.3, -0.25) is 4.79 Å². The highest BCUT2D eigenvalue weighted by Gasteiger charge is 2.23. The molecular formula is C20H24ClNO4S. The van der Waals surface area contributed by atoms with E-state index in [9.17, 15) is 13.2 Å². The molecule has 0 fully saturated rings. The van der Waals surface area contributed by atoms with Crippen molar-refractivity contribution in [2.45, 2.75) is 43.7 Å². The van der Waals surface area contributed by atoms with E-state index >= 15 is 0 Å². The summed E-state index contributed by atoms with van der Waals surface area (Å²) in [5, 5.41) is 3.43. The summed E-state index contributed by atoms with van der Waals surface area (Å²) in [6.07, 6.45) is 1.64. The first-order valence-electron chi connectivity index (χ1n) is 8.77. The Morgan fingerprint density at radius 3 is 2.22 bits per heavy atom. The minimum absolute atomic E-state index is 0.239. The fraction of sp³-hybridized carbons (Fsp3) is 0.350. The number of rotatable bonds is 8. The number of hydrogen-bond donors (Lipinski definition) is 1. The number of ether oxygens (including phenoxy) is 1. The van der Waals surface area contributed by atoms with Crippen LogP contribution in [0.4, 0.5) is 0 Å². The van der Waals surface area contributed by atoms with Crippen LogP contribution in [-0.4, -0.2) is 26.7 Å². The Balaban J connectivity index is 2.11. The molecule has 0 aromatic heterocycles. The SMILES string of the molecule is CCC(Oc1ccccc1Cl)C(=O)NC(CC)c1ccc(S(C)(=O)=O)cc1. The van der Waals surface area contributed by atoms with Crippen LogP contribution in [0, 0.1) is 0 Å². The number of benzene rings is 2. The third kappa shape index (κ3) is 5.71. The smallest absolute Gasteiger partial charge is 0.261 e. The van der Waals surface area contributed by atoms with E-state index < -0.39 is 15.9 Å². The van der Waals surface area contributed by atoms with Crippen molar-refractivity contribution in [1.29, 1.82) is 0 Å². The lowest BCUT2D eigenvalue weighted by Gasteiger charge is -2.23. The maximum Gasteiger partial charge on any atom is 0.261 e. The molecule has 1 N–H and O–H groups in total. The molecule has 0 aliphatic rings. The van der Waals surface area contributed by atoms with Gasteiger partial charge < -0.3 is 10.1 Å². The van der Waals surface area contributed by atoms with Crippen molar-refractivity contribution in [1.82, 2.24) is 5.32 Å². The molecule has 2 rings (SSSR count). The van der Waals surface area contributed by atoms with Gasteiger partial charge in [-0.05, 0) is 42.7 Å². The van der Waals surface area contributed by atoms with E-state index in [4.69, 9.17) is 16.3 Å². The van der Waals surface area contributed by atoms with E-state index in [2.05, 4.69) is 5.32 Å². The third-order valence-corrected chi connectivity index (χ3v) is 5.65. The number of sulfone groups is 1. The molecule has 0 bridgehead atoms. The second kappa shape index (κ2) is 9.24. The predicted molar refractivity (Wildman–Crippen MR) is 107 cm³/mol. The van der Waals surface area contributed by atoms with Crippen molar-refractivity contribution in [3.63, 3.8) is 0 Å². The highest BCUT2D eigenvalue weighted by molar-refractivity contribution is 7.90. The average Bonchev–Trinajstić information content (AvgIpc) is 2.64. The van der Waals surface area contributed by atoms with Crippen LogP contribution in [0.3, 0.4) is 0 Å². The van der Waals surface area contributed by atoms with E-state index in [1.54, 1.807) is 48.5 Å². The Hall–Kier alpha value is -2.05. The van der Waals surface area contributed by atoms with Crippen LogP contribution in [0.1, 0.15) is 38.3 Å². The monoisotopic (exact) mass is 409 g/mol. The van der Waals surface area contributed by atoms with Gasteiger partial charge in [0.1, 0.15) is 5.75 Å². The zero-order valence-corrected chi connectivity index (χ0v) is 17.2. The molecule has 0 spiro atoms. The average molecular weight is 410 g/mol. The third-order valence-electron chi connectivity index (χ3n) is 4.20. The Morgan fingerprint density at radius 2 is 1.70 bits per heavy atom. The minimum Gasteiger partial charge on any atom is -0.479 e. The van der Waals surface area contributed by atoms with Crippen molar-refractivity contribution in [3.05, 3.63) is 59.1 Å². The molecule has 146 valence electrons. The summed E-state index contributed by atoms with van der Waals surface area (Å²) in [5.41, 5.74) is 0.839. The molecule has 2 aromatic rings. The van der Waals surface area contributed by atoms with E-state index in [1.807, 2.05) is 13.8 Å². The Labute approximate surface area is 165 Å². The Morgan fingerprint density at radius 1 is 1.07 bits per heavy atom. The lowest BCUT2D eigenvalue weighted by atomic mass is 10.0. The van der Waals surface area contributed by atoms with Crippen molar-refractivity contribution in [2.24, 2.45) is 0 Å². The van der Waals surface area contributed by atoms with Crippen molar-refractivity contribution in [2.75, 3.05) is 6.26 Å². The number of amides is 1. The number of carbonyl (C=O) groups excluding carboxylic acids is 1. The van der Waals surface area contributed by atoms with Crippen LogP contribution < -0.4 is 10.1 Å². The molecule has 5 nitrogen and oxygen atoms in total. The molecule has 0 radical (unpaired) electrons. The second-order valence-corrected chi connectivity index (χ2v) is 8.68. The van der Waals surface area contributed by atoms with Gasteiger partial charge in [-0.15, -0.1) is 0 Å². The molecule has 2 atom stereocenters. The van der Waals surface area contributed by atoms with E-state index in [0.29, 0.717) is 23.6 Å². The Kier molecular flexibility index (Phi) is 7.27. The minimum atomic E-state index is -3.25. The first-order valence-corrected chi connectivity index (χ1v) is 11.0. The summed E-state index contributed by atoms with van der Waals surface area (Å²) in [6.45, 7) is 3.81. The second-order valence-electron chi connectivity index (χ2n) is 6.26. The van der Waals surface area contributed by atoms with Gasteiger partial charge in [0, 0.05) is 6.26 Å². The highest BCUT2D eigenvalue weighted by Crippen LogP contribution is 2.25. The van der Waals surface area contributed by atoms with E-state index in [0.717, 1.165) is 5.56 Å². The standard InChI is InChI=1S/C20H24ClNO4S/c1-4-17(14-10-12-15(13-11-14)27(3,24)25)22-20(23)18(5-2)26-19-9-7-6-8-16(19)21/h6-13,17-18H,4-5H2,1-3H3,(H,22,23). The van der Waals surface area contributed by atoms with E-state index in [-0.39, 0.29) is 16.8 Å². The van der Waals surface area contributed by atoms with Gasteiger partial charge in [-0.2, -0.15) is 0 Å². The topological polar surface area (TPSA) is 72.5 Å². The van der Waals surface area contributed by atoms with Crippen molar-refractivity contribution in [3.8, 4) is 5.75 Å². The first kappa shape index (κ1) is 21.3. The van der Waals surface area contributed by atoms with Gasteiger partial charge in [-0.25, -0.2) is 8.42 Å². The normalized spacial score (nSPS) is 13.6. The van der Waals surface area contributed by atoms with Gasteiger partial charge in [-0.1, -0.05) is 49.7 Å². The fourth-order valence-electron chi connectivity index (χ4n) is 2.65.